The molecular formula is C30H26ClN3O2. The van der Waals surface area contributed by atoms with E-state index in [1.165, 1.54) is 0 Å². The van der Waals surface area contributed by atoms with E-state index in [2.05, 4.69) is 10.9 Å². The van der Waals surface area contributed by atoms with Crippen LogP contribution < -0.4 is 5.56 Å². The van der Waals surface area contributed by atoms with Gasteiger partial charge in [-0.2, -0.15) is 0 Å². The van der Waals surface area contributed by atoms with Gasteiger partial charge in [-0.25, -0.2) is 4.98 Å². The average Bonchev–Trinajstić information content (AvgIpc) is 3.32. The Balaban J connectivity index is 0.00000304. The molecule has 3 aromatic carbocycles. The Kier molecular flexibility index (Phi) is 6.60. The summed E-state index contributed by atoms with van der Waals surface area (Å²) in [7, 11) is 3.57. The molecule has 0 fully saturated rings. The summed E-state index contributed by atoms with van der Waals surface area (Å²) in [6.45, 7) is 0. The number of fused-ring (bicyclic) bond motifs is 1. The number of benzene rings is 3. The van der Waals surface area contributed by atoms with Crippen molar-refractivity contribution in [2.75, 3.05) is 0 Å². The lowest BCUT2D eigenvalue weighted by Crippen LogP contribution is -2.31. The number of terminal acetylenes is 1. The van der Waals surface area contributed by atoms with Gasteiger partial charge < -0.3 is 14.2 Å². The molecule has 0 amide bonds. The van der Waals surface area contributed by atoms with Crippen LogP contribution in [0.25, 0.3) is 22.0 Å². The molecule has 0 spiro atoms. The first-order valence-corrected chi connectivity index (χ1v) is 11.4. The van der Waals surface area contributed by atoms with Crippen molar-refractivity contribution in [1.82, 2.24) is 14.1 Å². The number of hydrogen-bond acceptors (Lipinski definition) is 3. The molecule has 0 saturated heterocycles. The van der Waals surface area contributed by atoms with Crippen LogP contribution in [-0.4, -0.2) is 19.2 Å². The molecule has 5 rings (SSSR count). The third-order valence-electron chi connectivity index (χ3n) is 6.45. The van der Waals surface area contributed by atoms with Gasteiger partial charge in [0.2, 0.25) is 0 Å². The van der Waals surface area contributed by atoms with Crippen molar-refractivity contribution in [3.8, 4) is 23.5 Å². The third-order valence-corrected chi connectivity index (χ3v) is 6.71. The lowest BCUT2D eigenvalue weighted by molar-refractivity contribution is 0.117. The van der Waals surface area contributed by atoms with Crippen LogP contribution in [0.4, 0.5) is 0 Å². The van der Waals surface area contributed by atoms with Gasteiger partial charge in [-0.1, -0.05) is 55.3 Å². The number of aryl methyl sites for hydroxylation is 2. The maximum atomic E-state index is 12.8. The molecule has 2 heterocycles. The first-order chi connectivity index (χ1) is 16.8. The van der Waals surface area contributed by atoms with E-state index in [0.29, 0.717) is 21.8 Å². The van der Waals surface area contributed by atoms with Crippen molar-refractivity contribution in [3.63, 3.8) is 0 Å². The smallest absolute Gasteiger partial charge is 0.251 e. The van der Waals surface area contributed by atoms with Gasteiger partial charge in [0.05, 0.1) is 23.7 Å². The highest BCUT2D eigenvalue weighted by Gasteiger charge is 2.37. The Morgan fingerprint density at radius 3 is 2.39 bits per heavy atom. The summed E-state index contributed by atoms with van der Waals surface area (Å²) in [5, 5.41) is 13.7. The summed E-state index contributed by atoms with van der Waals surface area (Å²) in [5.74, 6) is 2.65. The topological polar surface area (TPSA) is 60.1 Å². The van der Waals surface area contributed by atoms with Crippen molar-refractivity contribution >= 4 is 22.5 Å². The lowest BCUT2D eigenvalue weighted by Gasteiger charge is -2.30. The van der Waals surface area contributed by atoms with E-state index in [0.717, 1.165) is 27.6 Å². The van der Waals surface area contributed by atoms with Crippen molar-refractivity contribution < 1.29 is 5.11 Å². The quantitative estimate of drug-likeness (QED) is 0.335. The van der Waals surface area contributed by atoms with Crippen LogP contribution in [0.15, 0.2) is 90.1 Å². The molecule has 1 atom stereocenters. The molecule has 180 valence electrons. The van der Waals surface area contributed by atoms with Gasteiger partial charge in [0.1, 0.15) is 0 Å². The molecular weight excluding hydrogens is 470 g/mol. The second kappa shape index (κ2) is 9.50. The molecule has 6 heteroatoms. The van der Waals surface area contributed by atoms with Gasteiger partial charge >= 0.3 is 0 Å². The minimum absolute atomic E-state index is 0. The molecule has 0 unspecified atom stereocenters. The summed E-state index contributed by atoms with van der Waals surface area (Å²) >= 11 is 6.14. The first-order valence-electron chi connectivity index (χ1n) is 11.0. The number of hydrogen-bond donors (Lipinski definition) is 1. The molecule has 1 N–H and O–H groups in total. The van der Waals surface area contributed by atoms with Gasteiger partial charge in [0.15, 0.2) is 5.60 Å². The SMILES string of the molecule is C.C#Cc1cccc(-c2cc(=O)n(C)c3ccc([C@](O)(c4ccc(Cl)cc4)c4cncn4C)cc23)c1. The molecule has 5 aromatic rings. The number of rotatable bonds is 4. The number of halogens is 1. The van der Waals surface area contributed by atoms with E-state index in [4.69, 9.17) is 18.0 Å². The Morgan fingerprint density at radius 2 is 1.72 bits per heavy atom. The Morgan fingerprint density at radius 1 is 1.00 bits per heavy atom. The van der Waals surface area contributed by atoms with Crippen molar-refractivity contribution in [2.45, 2.75) is 13.0 Å². The van der Waals surface area contributed by atoms with E-state index < -0.39 is 5.60 Å². The van der Waals surface area contributed by atoms with E-state index in [9.17, 15) is 9.90 Å². The second-order valence-corrected chi connectivity index (χ2v) is 8.96. The fourth-order valence-corrected chi connectivity index (χ4v) is 4.69. The van der Waals surface area contributed by atoms with Crippen molar-refractivity contribution in [3.05, 3.63) is 123 Å². The normalized spacial score (nSPS) is 12.5. The van der Waals surface area contributed by atoms with Crippen LogP contribution in [0.1, 0.15) is 29.8 Å². The highest BCUT2D eigenvalue weighted by molar-refractivity contribution is 6.30. The first kappa shape index (κ1) is 25.0. The summed E-state index contributed by atoms with van der Waals surface area (Å²) in [4.78, 5) is 17.0. The Bertz CT molecular complexity index is 1680. The maximum absolute atomic E-state index is 12.8. The number of aliphatic hydroxyl groups is 1. The minimum Gasteiger partial charge on any atom is -0.374 e. The molecule has 36 heavy (non-hydrogen) atoms. The summed E-state index contributed by atoms with van der Waals surface area (Å²) in [6.07, 6.45) is 8.92. The molecule has 5 nitrogen and oxygen atoms in total. The van der Waals surface area contributed by atoms with Crippen LogP contribution in [0.2, 0.25) is 5.02 Å². The van der Waals surface area contributed by atoms with E-state index in [1.54, 1.807) is 59.0 Å². The third kappa shape index (κ3) is 4.01. The van der Waals surface area contributed by atoms with Crippen LogP contribution in [0.3, 0.4) is 0 Å². The van der Waals surface area contributed by atoms with Gasteiger partial charge in [0, 0.05) is 36.1 Å². The zero-order chi connectivity index (χ0) is 24.7. The van der Waals surface area contributed by atoms with Gasteiger partial charge in [-0.05, 0) is 58.7 Å². The number of nitrogens with zero attached hydrogens (tertiary/aromatic N) is 3. The van der Waals surface area contributed by atoms with Gasteiger partial charge in [-0.3, -0.25) is 4.79 Å². The van der Waals surface area contributed by atoms with Crippen molar-refractivity contribution in [1.29, 1.82) is 0 Å². The fraction of sp³-hybridized carbons (Fsp3) is 0.133. The molecule has 0 aliphatic heterocycles. The molecule has 0 bridgehead atoms. The highest BCUT2D eigenvalue weighted by atomic mass is 35.5. The number of pyridine rings is 1. The zero-order valence-corrected chi connectivity index (χ0v) is 20.0. The fourth-order valence-electron chi connectivity index (χ4n) is 4.56. The van der Waals surface area contributed by atoms with Gasteiger partial charge in [-0.15, -0.1) is 6.42 Å². The van der Waals surface area contributed by atoms with Crippen LogP contribution in [0, 0.1) is 12.3 Å². The maximum Gasteiger partial charge on any atom is 0.251 e. The summed E-state index contributed by atoms with van der Waals surface area (Å²) in [6, 6.07) is 21.9. The van der Waals surface area contributed by atoms with E-state index >= 15 is 0 Å². The predicted octanol–water partition coefficient (Wildman–Crippen LogP) is 5.49. The molecule has 0 aliphatic carbocycles. The average molecular weight is 496 g/mol. The van der Waals surface area contributed by atoms with Gasteiger partial charge in [0.25, 0.3) is 5.56 Å². The zero-order valence-electron chi connectivity index (χ0n) is 19.2. The molecule has 2 aromatic heterocycles. The lowest BCUT2D eigenvalue weighted by atomic mass is 9.82. The minimum atomic E-state index is -1.52. The van der Waals surface area contributed by atoms with Crippen molar-refractivity contribution in [2.24, 2.45) is 14.1 Å². The van der Waals surface area contributed by atoms with E-state index in [1.807, 2.05) is 49.5 Å². The molecule has 0 aliphatic rings. The molecule has 0 radical (unpaired) electrons. The standard InChI is InChI=1S/C29H22ClN3O2.CH4/c1-4-19-6-5-7-20(14-19)24-16-28(34)33(3)26-13-10-22(15-25(24)26)29(35,27-17-31-18-32(27)2)21-8-11-23(30)12-9-21;/h1,5-18,35H,2-3H3;1H4/t29-;/m1./s1. The molecule has 0 saturated carbocycles. The van der Waals surface area contributed by atoms with Crippen LogP contribution in [-0.2, 0) is 19.7 Å². The van der Waals surface area contributed by atoms with Crippen LogP contribution in [0.5, 0.6) is 0 Å². The Hall–Kier alpha value is -4.11. The van der Waals surface area contributed by atoms with Crippen LogP contribution >= 0.6 is 11.6 Å². The highest BCUT2D eigenvalue weighted by Crippen LogP contribution is 2.39. The summed E-state index contributed by atoms with van der Waals surface area (Å²) in [5.41, 5.74) is 3.25. The number of imidazole rings is 1. The number of aromatic nitrogens is 3. The summed E-state index contributed by atoms with van der Waals surface area (Å²) < 4.78 is 3.38. The Labute approximate surface area is 215 Å². The largest absolute Gasteiger partial charge is 0.374 e. The predicted molar refractivity (Wildman–Crippen MR) is 146 cm³/mol. The second-order valence-electron chi connectivity index (χ2n) is 8.52. The monoisotopic (exact) mass is 495 g/mol. The van der Waals surface area contributed by atoms with E-state index in [-0.39, 0.29) is 13.0 Å².